The minimum absolute atomic E-state index is 0.0176. The third-order valence-corrected chi connectivity index (χ3v) is 15.3. The number of alkyl carbamates (subject to hydrolysis) is 2. The Hall–Kier alpha value is -5.77. The molecule has 15 nitrogen and oxygen atoms in total. The zero-order valence-electron chi connectivity index (χ0n) is 42.4. The van der Waals surface area contributed by atoms with Gasteiger partial charge in [-0.05, 0) is 84.6 Å². The molecule has 5 aromatic rings. The number of H-pyrrole nitrogens is 2. The van der Waals surface area contributed by atoms with Crippen molar-refractivity contribution in [1.82, 2.24) is 40.4 Å². The fraction of sp³-hybridized carbons (Fsp3) is 0.481. The van der Waals surface area contributed by atoms with Crippen molar-refractivity contribution in [2.45, 2.75) is 129 Å². The molecule has 8 rings (SSSR count). The van der Waals surface area contributed by atoms with Gasteiger partial charge in [-0.3, -0.25) is 9.59 Å². The third-order valence-electron chi connectivity index (χ3n) is 14.5. The first-order chi connectivity index (χ1) is 34.3. The first-order valence-corrected chi connectivity index (χ1v) is 26.0. The average molecular weight is 1040 g/mol. The number of ether oxygens (including phenoxy) is 2. The van der Waals surface area contributed by atoms with Gasteiger partial charge in [-0.15, -0.1) is 0 Å². The molecule has 6 unspecified atom stereocenters. The van der Waals surface area contributed by atoms with Crippen LogP contribution in [-0.4, -0.2) is 93.1 Å². The van der Waals surface area contributed by atoms with Crippen LogP contribution in [0.4, 0.5) is 15.3 Å². The van der Waals surface area contributed by atoms with Gasteiger partial charge in [0.1, 0.15) is 45.4 Å². The Kier molecular flexibility index (Phi) is 15.9. The monoisotopic (exact) mass is 1040 g/mol. The van der Waals surface area contributed by atoms with E-state index in [0.717, 1.165) is 59.2 Å². The summed E-state index contributed by atoms with van der Waals surface area (Å²) < 4.78 is 9.62. The molecule has 4 N–H and O–H groups in total. The third kappa shape index (κ3) is 10.8. The summed E-state index contributed by atoms with van der Waals surface area (Å²) >= 11 is 21.0. The summed E-state index contributed by atoms with van der Waals surface area (Å²) in [5.41, 5.74) is 7.09. The minimum Gasteiger partial charge on any atom is -0.453 e. The second-order valence-electron chi connectivity index (χ2n) is 20.8. The molecule has 72 heavy (non-hydrogen) atoms. The van der Waals surface area contributed by atoms with Crippen LogP contribution in [-0.2, 0) is 24.5 Å². The maximum Gasteiger partial charge on any atom is 0.407 e. The predicted octanol–water partition coefficient (Wildman–Crippen LogP) is 11.9. The lowest BCUT2D eigenvalue weighted by Gasteiger charge is -2.34. The maximum absolute atomic E-state index is 13.8. The lowest BCUT2D eigenvalue weighted by atomic mass is 9.87. The summed E-state index contributed by atoms with van der Waals surface area (Å²) in [5, 5.41) is 6.86. The van der Waals surface area contributed by atoms with E-state index in [1.54, 1.807) is 9.80 Å². The molecule has 4 amide bonds. The lowest BCUT2D eigenvalue weighted by molar-refractivity contribution is -0.136. The molecule has 2 aromatic heterocycles. The molecule has 3 aliphatic heterocycles. The zero-order valence-corrected chi connectivity index (χ0v) is 44.7. The average Bonchev–Trinajstić information content (AvgIpc) is 4.22. The topological polar surface area (TPSA) is 178 Å². The van der Waals surface area contributed by atoms with Gasteiger partial charge in [-0.1, -0.05) is 138 Å². The van der Waals surface area contributed by atoms with E-state index in [0.29, 0.717) is 64.3 Å². The van der Waals surface area contributed by atoms with Crippen molar-refractivity contribution in [1.29, 1.82) is 0 Å². The maximum atomic E-state index is 13.8. The minimum atomic E-state index is -0.746. The Morgan fingerprint density at radius 2 is 1.04 bits per heavy atom. The fourth-order valence-corrected chi connectivity index (χ4v) is 11.3. The number of amides is 4. The van der Waals surface area contributed by atoms with Crippen LogP contribution in [0.5, 0.6) is 0 Å². The largest absolute Gasteiger partial charge is 0.453 e. The van der Waals surface area contributed by atoms with E-state index in [1.807, 2.05) is 52.0 Å². The van der Waals surface area contributed by atoms with Crippen molar-refractivity contribution >= 4 is 64.5 Å². The van der Waals surface area contributed by atoms with Crippen molar-refractivity contribution < 1.29 is 28.7 Å². The van der Waals surface area contributed by atoms with Crippen molar-refractivity contribution in [2.75, 3.05) is 32.2 Å². The molecule has 18 heteroatoms. The van der Waals surface area contributed by atoms with E-state index < -0.39 is 24.3 Å². The van der Waals surface area contributed by atoms with Gasteiger partial charge < -0.3 is 44.8 Å². The summed E-state index contributed by atoms with van der Waals surface area (Å²) in [6, 6.07) is 20.9. The number of hydrogen-bond donors (Lipinski definition) is 4. The number of likely N-dealkylation sites (tertiary alicyclic amines) is 2. The van der Waals surface area contributed by atoms with Crippen LogP contribution in [0.25, 0.3) is 22.5 Å². The number of anilines is 1. The Balaban J connectivity index is 1.04. The Bertz CT molecular complexity index is 2610. The van der Waals surface area contributed by atoms with E-state index in [1.165, 1.54) is 14.2 Å². The number of aromatic nitrogens is 4. The fourth-order valence-electron chi connectivity index (χ4n) is 10.5. The molecule has 3 fully saturated rings. The Labute approximate surface area is 437 Å². The highest BCUT2D eigenvalue weighted by molar-refractivity contribution is 6.33. The molecule has 3 saturated heterocycles. The standard InChI is InChI=1S/C54H66Cl3N9O6/c1-29(2)42(60-52(69)71-8)50(67)64-26-10-12-40(64)48-58-44(46(56)62-48)33-18-14-31(15-19-33)37-24-25-38(66(37)39-23-22-35(28-36(39)55)54(5,6)7)32-16-20-34(21-17-32)45-47(57)63-49(59-45)41-13-11-27-65(41)51(68)43(30(3)4)61-53(70)72-9/h14-23,28-30,37-38,40-43H,10-13,24-27H2,1-9H3,(H,58,62)(H,59,63)(H,60,69)(H,61,70). The molecule has 384 valence electrons. The summed E-state index contributed by atoms with van der Waals surface area (Å²) in [4.78, 5) is 74.4. The van der Waals surface area contributed by atoms with Crippen LogP contribution >= 0.6 is 34.8 Å². The number of carbonyl (C=O) groups excluding carboxylic acids is 4. The molecule has 6 atom stereocenters. The van der Waals surface area contributed by atoms with Crippen molar-refractivity contribution in [3.63, 3.8) is 0 Å². The molecule has 0 bridgehead atoms. The van der Waals surface area contributed by atoms with E-state index in [9.17, 15) is 19.2 Å². The van der Waals surface area contributed by atoms with Gasteiger partial charge in [0.05, 0.1) is 49.1 Å². The van der Waals surface area contributed by atoms with Crippen molar-refractivity contribution in [3.8, 4) is 22.5 Å². The van der Waals surface area contributed by atoms with Crippen molar-refractivity contribution in [3.05, 3.63) is 110 Å². The molecule has 0 aliphatic carbocycles. The van der Waals surface area contributed by atoms with Crippen LogP contribution < -0.4 is 15.5 Å². The molecule has 3 aliphatic rings. The Morgan fingerprint density at radius 3 is 1.40 bits per heavy atom. The van der Waals surface area contributed by atoms with E-state index in [-0.39, 0.29) is 53.2 Å². The number of imidazole rings is 2. The number of rotatable bonds is 13. The van der Waals surface area contributed by atoms with Crippen LogP contribution in [0.3, 0.4) is 0 Å². The van der Waals surface area contributed by atoms with Crippen LogP contribution in [0, 0.1) is 11.8 Å². The molecule has 0 saturated carbocycles. The number of methoxy groups -OCH3 is 2. The van der Waals surface area contributed by atoms with E-state index >= 15 is 0 Å². The zero-order chi connectivity index (χ0) is 51.8. The summed E-state index contributed by atoms with van der Waals surface area (Å²) in [5.74, 6) is 0.516. The smallest absolute Gasteiger partial charge is 0.407 e. The SMILES string of the molecule is COC(=O)NC(C(=O)N1CCCC1c1nc(-c2ccc(C3CCC(c4ccc(-c5nc(C6CCCN6C(=O)C(NC(=O)OC)C(C)C)[nH]c5Cl)cc4)N3c3ccc(C(C)(C)C)cc3Cl)cc2)c(Cl)[nH]1)C(C)C. The number of halogens is 3. The van der Waals surface area contributed by atoms with Crippen molar-refractivity contribution in [2.24, 2.45) is 11.8 Å². The highest BCUT2D eigenvalue weighted by Crippen LogP contribution is 2.50. The highest BCUT2D eigenvalue weighted by atomic mass is 35.5. The van der Waals surface area contributed by atoms with Gasteiger partial charge >= 0.3 is 12.2 Å². The molecule has 5 heterocycles. The van der Waals surface area contributed by atoms with E-state index in [2.05, 4.69) is 88.7 Å². The molecular weight excluding hydrogens is 977 g/mol. The van der Waals surface area contributed by atoms with Crippen LogP contribution in [0.15, 0.2) is 66.7 Å². The van der Waals surface area contributed by atoms with Gasteiger partial charge in [0.15, 0.2) is 0 Å². The summed E-state index contributed by atoms with van der Waals surface area (Å²) in [7, 11) is 2.56. The van der Waals surface area contributed by atoms with Gasteiger partial charge in [0.25, 0.3) is 0 Å². The van der Waals surface area contributed by atoms with Gasteiger partial charge in [0, 0.05) is 24.2 Å². The normalized spacial score (nSPS) is 20.1. The second-order valence-corrected chi connectivity index (χ2v) is 22.0. The Morgan fingerprint density at radius 1 is 0.625 bits per heavy atom. The number of benzene rings is 3. The second kappa shape index (κ2) is 21.8. The van der Waals surface area contributed by atoms with E-state index in [4.69, 9.17) is 54.2 Å². The first kappa shape index (κ1) is 52.5. The highest BCUT2D eigenvalue weighted by Gasteiger charge is 2.41. The quantitative estimate of drug-likeness (QED) is 0.0893. The summed E-state index contributed by atoms with van der Waals surface area (Å²) in [6.45, 7) is 15.2. The lowest BCUT2D eigenvalue weighted by Crippen LogP contribution is -2.51. The number of aromatic amines is 2. The number of hydrogen-bond acceptors (Lipinski definition) is 9. The van der Waals surface area contributed by atoms with Crippen LogP contribution in [0.2, 0.25) is 15.3 Å². The number of carbonyl (C=O) groups is 4. The molecule has 3 aromatic carbocycles. The first-order valence-electron chi connectivity index (χ1n) is 24.9. The predicted molar refractivity (Wildman–Crippen MR) is 281 cm³/mol. The molecule has 0 radical (unpaired) electrons. The number of nitrogens with zero attached hydrogens (tertiary/aromatic N) is 5. The molecular formula is C54H66Cl3N9O6. The van der Waals surface area contributed by atoms with Gasteiger partial charge in [-0.2, -0.15) is 0 Å². The summed E-state index contributed by atoms with van der Waals surface area (Å²) in [6.07, 6.45) is 3.41. The number of nitrogens with one attached hydrogen (secondary N) is 4. The van der Waals surface area contributed by atoms with Gasteiger partial charge in [0.2, 0.25) is 11.8 Å². The van der Waals surface area contributed by atoms with Gasteiger partial charge in [-0.25, -0.2) is 19.6 Å². The van der Waals surface area contributed by atoms with Crippen LogP contribution in [0.1, 0.15) is 139 Å². The molecule has 0 spiro atoms.